The number of hydrogen-bond donors (Lipinski definition) is 2. The highest BCUT2D eigenvalue weighted by atomic mass is 16.4. The van der Waals surface area contributed by atoms with E-state index in [1.807, 2.05) is 6.92 Å². The summed E-state index contributed by atoms with van der Waals surface area (Å²) in [5.74, 6) is -0.906. The highest BCUT2D eigenvalue weighted by Gasteiger charge is 2.31. The topological polar surface area (TPSA) is 57.5 Å². The van der Waals surface area contributed by atoms with E-state index < -0.39 is 18.0 Å². The molecule has 1 rings (SSSR count). The van der Waals surface area contributed by atoms with Crippen molar-refractivity contribution in [2.75, 3.05) is 0 Å². The summed E-state index contributed by atoms with van der Waals surface area (Å²) in [6.45, 7) is 2.04. The van der Waals surface area contributed by atoms with Crippen LogP contribution in [-0.4, -0.2) is 22.3 Å². The SMILES string of the molecule is C[C@H]1CC[C@H](C(=O)O)[C@H](O)C1. The van der Waals surface area contributed by atoms with Gasteiger partial charge in [0, 0.05) is 0 Å². The van der Waals surface area contributed by atoms with Crippen LogP contribution in [0.15, 0.2) is 0 Å². The lowest BCUT2D eigenvalue weighted by molar-refractivity contribution is -0.148. The van der Waals surface area contributed by atoms with Gasteiger partial charge in [-0.15, -0.1) is 0 Å². The summed E-state index contributed by atoms with van der Waals surface area (Å²) in [6, 6.07) is 0. The van der Waals surface area contributed by atoms with Crippen molar-refractivity contribution >= 4 is 5.97 Å². The molecule has 64 valence electrons. The standard InChI is InChI=1S/C8H14O3/c1-5-2-3-6(8(10)11)7(9)4-5/h5-7,9H,2-4H2,1H3,(H,10,11)/t5-,6-,7+/m0/s1. The van der Waals surface area contributed by atoms with Crippen molar-refractivity contribution in [2.45, 2.75) is 32.3 Å². The Morgan fingerprint density at radius 2 is 2.09 bits per heavy atom. The van der Waals surface area contributed by atoms with E-state index in [0.29, 0.717) is 18.8 Å². The maximum atomic E-state index is 10.5. The Kier molecular flexibility index (Phi) is 2.49. The minimum atomic E-state index is -0.857. The van der Waals surface area contributed by atoms with Crippen LogP contribution >= 0.6 is 0 Å². The number of carboxylic acid groups (broad SMARTS) is 1. The van der Waals surface area contributed by atoms with Gasteiger partial charge in [0.05, 0.1) is 12.0 Å². The van der Waals surface area contributed by atoms with Crippen LogP contribution in [0, 0.1) is 11.8 Å². The third-order valence-corrected chi connectivity index (χ3v) is 2.40. The second-order valence-electron chi connectivity index (χ2n) is 3.43. The Morgan fingerprint density at radius 1 is 1.45 bits per heavy atom. The molecule has 0 amide bonds. The van der Waals surface area contributed by atoms with Crippen LogP contribution in [0.1, 0.15) is 26.2 Å². The van der Waals surface area contributed by atoms with Crippen molar-refractivity contribution < 1.29 is 15.0 Å². The van der Waals surface area contributed by atoms with Gasteiger partial charge >= 0.3 is 5.97 Å². The zero-order chi connectivity index (χ0) is 8.43. The molecule has 3 atom stereocenters. The van der Waals surface area contributed by atoms with Gasteiger partial charge in [0.25, 0.3) is 0 Å². The smallest absolute Gasteiger partial charge is 0.309 e. The van der Waals surface area contributed by atoms with E-state index in [4.69, 9.17) is 5.11 Å². The van der Waals surface area contributed by atoms with Gasteiger partial charge in [-0.2, -0.15) is 0 Å². The van der Waals surface area contributed by atoms with Crippen LogP contribution in [-0.2, 0) is 4.79 Å². The number of aliphatic hydroxyl groups excluding tert-OH is 1. The minimum Gasteiger partial charge on any atom is -0.481 e. The fourth-order valence-corrected chi connectivity index (χ4v) is 1.64. The summed E-state index contributed by atoms with van der Waals surface area (Å²) < 4.78 is 0. The molecule has 2 N–H and O–H groups in total. The van der Waals surface area contributed by atoms with Crippen LogP contribution in [0.4, 0.5) is 0 Å². The Balaban J connectivity index is 2.50. The second-order valence-corrected chi connectivity index (χ2v) is 3.43. The molecule has 0 aromatic carbocycles. The minimum absolute atomic E-state index is 0.473. The Hall–Kier alpha value is -0.570. The van der Waals surface area contributed by atoms with Gasteiger partial charge in [-0.1, -0.05) is 6.92 Å². The first kappa shape index (κ1) is 8.53. The Labute approximate surface area is 66.0 Å². The number of carboxylic acids is 1. The average molecular weight is 158 g/mol. The van der Waals surface area contributed by atoms with Crippen LogP contribution in [0.25, 0.3) is 0 Å². The van der Waals surface area contributed by atoms with E-state index in [1.54, 1.807) is 0 Å². The zero-order valence-electron chi connectivity index (χ0n) is 6.66. The molecular formula is C8H14O3. The fraction of sp³-hybridized carbons (Fsp3) is 0.875. The summed E-state index contributed by atoms with van der Waals surface area (Å²) in [5, 5.41) is 18.0. The zero-order valence-corrected chi connectivity index (χ0v) is 6.66. The predicted octanol–water partition coefficient (Wildman–Crippen LogP) is 0.868. The van der Waals surface area contributed by atoms with Gasteiger partial charge in [0.1, 0.15) is 0 Å². The number of aliphatic hydroxyl groups is 1. The van der Waals surface area contributed by atoms with Crippen molar-refractivity contribution in [3.05, 3.63) is 0 Å². The molecule has 0 spiro atoms. The third-order valence-electron chi connectivity index (χ3n) is 2.40. The molecule has 0 bridgehead atoms. The molecule has 1 aliphatic carbocycles. The summed E-state index contributed by atoms with van der Waals surface area (Å²) >= 11 is 0. The number of rotatable bonds is 1. The molecule has 0 unspecified atom stereocenters. The normalized spacial score (nSPS) is 38.5. The van der Waals surface area contributed by atoms with E-state index in [2.05, 4.69) is 0 Å². The molecule has 3 nitrogen and oxygen atoms in total. The van der Waals surface area contributed by atoms with E-state index in [-0.39, 0.29) is 0 Å². The largest absolute Gasteiger partial charge is 0.481 e. The first-order valence-electron chi connectivity index (χ1n) is 4.02. The number of aliphatic carboxylic acids is 1. The molecule has 11 heavy (non-hydrogen) atoms. The molecule has 1 saturated carbocycles. The molecule has 0 aliphatic heterocycles. The van der Waals surface area contributed by atoms with Crippen molar-refractivity contribution in [1.29, 1.82) is 0 Å². The van der Waals surface area contributed by atoms with Crippen LogP contribution in [0.5, 0.6) is 0 Å². The molecule has 1 aliphatic rings. The monoisotopic (exact) mass is 158 g/mol. The molecular weight excluding hydrogens is 144 g/mol. The van der Waals surface area contributed by atoms with Crippen molar-refractivity contribution in [3.8, 4) is 0 Å². The van der Waals surface area contributed by atoms with Gasteiger partial charge in [-0.3, -0.25) is 4.79 Å². The van der Waals surface area contributed by atoms with Gasteiger partial charge < -0.3 is 10.2 Å². The lowest BCUT2D eigenvalue weighted by Crippen LogP contribution is -2.33. The van der Waals surface area contributed by atoms with E-state index in [0.717, 1.165) is 6.42 Å². The van der Waals surface area contributed by atoms with Crippen molar-refractivity contribution in [2.24, 2.45) is 11.8 Å². The van der Waals surface area contributed by atoms with Crippen molar-refractivity contribution in [1.82, 2.24) is 0 Å². The molecule has 0 heterocycles. The van der Waals surface area contributed by atoms with Gasteiger partial charge in [0.15, 0.2) is 0 Å². The summed E-state index contributed by atoms with van der Waals surface area (Å²) in [6.07, 6.45) is 1.55. The van der Waals surface area contributed by atoms with E-state index >= 15 is 0 Å². The van der Waals surface area contributed by atoms with Crippen molar-refractivity contribution in [3.63, 3.8) is 0 Å². The maximum absolute atomic E-state index is 10.5. The first-order chi connectivity index (χ1) is 5.11. The van der Waals surface area contributed by atoms with Gasteiger partial charge in [-0.25, -0.2) is 0 Å². The molecule has 0 saturated heterocycles. The predicted molar refractivity (Wildman–Crippen MR) is 40.1 cm³/mol. The number of hydrogen-bond acceptors (Lipinski definition) is 2. The third kappa shape index (κ3) is 1.93. The lowest BCUT2D eigenvalue weighted by atomic mass is 9.81. The van der Waals surface area contributed by atoms with Gasteiger partial charge in [0.2, 0.25) is 0 Å². The van der Waals surface area contributed by atoms with Gasteiger partial charge in [-0.05, 0) is 25.2 Å². The Morgan fingerprint density at radius 3 is 2.55 bits per heavy atom. The molecule has 0 radical (unpaired) electrons. The first-order valence-corrected chi connectivity index (χ1v) is 4.02. The lowest BCUT2D eigenvalue weighted by Gasteiger charge is -2.28. The fourth-order valence-electron chi connectivity index (χ4n) is 1.64. The van der Waals surface area contributed by atoms with Crippen LogP contribution < -0.4 is 0 Å². The molecule has 0 aromatic rings. The highest BCUT2D eigenvalue weighted by molar-refractivity contribution is 5.70. The Bertz CT molecular complexity index is 155. The maximum Gasteiger partial charge on any atom is 0.309 e. The molecule has 3 heteroatoms. The van der Waals surface area contributed by atoms with E-state index in [1.165, 1.54) is 0 Å². The molecule has 0 aromatic heterocycles. The second kappa shape index (κ2) is 3.22. The van der Waals surface area contributed by atoms with Crippen LogP contribution in [0.3, 0.4) is 0 Å². The average Bonchev–Trinajstić information content (AvgIpc) is 1.85. The summed E-state index contributed by atoms with van der Waals surface area (Å²) in [5.41, 5.74) is 0. The molecule has 1 fully saturated rings. The highest BCUT2D eigenvalue weighted by Crippen LogP contribution is 2.28. The summed E-state index contributed by atoms with van der Waals surface area (Å²) in [4.78, 5) is 10.5. The summed E-state index contributed by atoms with van der Waals surface area (Å²) in [7, 11) is 0. The number of carbonyl (C=O) groups is 1. The van der Waals surface area contributed by atoms with E-state index in [9.17, 15) is 9.90 Å². The quantitative estimate of drug-likeness (QED) is 0.595. The van der Waals surface area contributed by atoms with Crippen LogP contribution in [0.2, 0.25) is 0 Å².